The normalized spacial score (nSPS) is 17.2. The highest BCUT2D eigenvalue weighted by Gasteiger charge is 2.29. The van der Waals surface area contributed by atoms with Crippen LogP contribution >= 0.6 is 0 Å². The monoisotopic (exact) mass is 396 g/mol. The number of carbonyl (C=O) groups excluding carboxylic acids is 1. The maximum atomic E-state index is 11.6. The van der Waals surface area contributed by atoms with Crippen molar-refractivity contribution in [2.24, 2.45) is 5.92 Å². The zero-order valence-electron chi connectivity index (χ0n) is 16.9. The quantitative estimate of drug-likeness (QED) is 0.689. The number of aryl methyl sites for hydroxylation is 1. The summed E-state index contributed by atoms with van der Waals surface area (Å²) in [4.78, 5) is 16.3. The first-order valence-electron chi connectivity index (χ1n) is 9.51. The molecule has 29 heavy (non-hydrogen) atoms. The number of benzene rings is 1. The van der Waals surface area contributed by atoms with Gasteiger partial charge in [-0.05, 0) is 32.0 Å². The third kappa shape index (κ3) is 3.57. The lowest BCUT2D eigenvalue weighted by atomic mass is 10.0. The number of nitrogens with one attached hydrogen (secondary N) is 1. The molecule has 3 aromatic rings. The Bertz CT molecular complexity index is 1060. The molecule has 1 aliphatic rings. The first-order chi connectivity index (χ1) is 14.0. The highest BCUT2D eigenvalue weighted by molar-refractivity contribution is 5.78. The maximum absolute atomic E-state index is 11.6. The van der Waals surface area contributed by atoms with E-state index in [0.29, 0.717) is 36.0 Å². The number of carbonyl (C=O) groups is 1. The number of ether oxygens (including phenoxy) is 3. The van der Waals surface area contributed by atoms with Crippen LogP contribution in [0.5, 0.6) is 17.4 Å². The van der Waals surface area contributed by atoms with Crippen molar-refractivity contribution in [3.05, 3.63) is 36.2 Å². The second-order valence-electron chi connectivity index (χ2n) is 7.21. The number of aromatic nitrogens is 3. The van der Waals surface area contributed by atoms with Gasteiger partial charge >= 0.3 is 0 Å². The second-order valence-corrected chi connectivity index (χ2v) is 7.21. The summed E-state index contributed by atoms with van der Waals surface area (Å²) in [5.74, 6) is 1.94. The van der Waals surface area contributed by atoms with Crippen molar-refractivity contribution in [2.75, 3.05) is 20.8 Å². The van der Waals surface area contributed by atoms with Crippen LogP contribution in [0.1, 0.15) is 18.9 Å². The number of nitrogens with zero attached hydrogens (tertiary/aromatic N) is 3. The maximum Gasteiger partial charge on any atom is 0.241 e. The minimum absolute atomic E-state index is 0.0585. The van der Waals surface area contributed by atoms with Gasteiger partial charge in [0.15, 0.2) is 11.5 Å². The van der Waals surface area contributed by atoms with Crippen molar-refractivity contribution in [2.45, 2.75) is 26.4 Å². The average Bonchev–Trinajstić information content (AvgIpc) is 3.33. The Morgan fingerprint density at radius 2 is 2.03 bits per heavy atom. The fourth-order valence-electron chi connectivity index (χ4n) is 3.57. The predicted octanol–water partition coefficient (Wildman–Crippen LogP) is 2.63. The van der Waals surface area contributed by atoms with E-state index in [1.807, 2.05) is 38.2 Å². The molecule has 8 heteroatoms. The van der Waals surface area contributed by atoms with Crippen LogP contribution in [0.4, 0.5) is 0 Å². The van der Waals surface area contributed by atoms with Gasteiger partial charge < -0.3 is 19.5 Å². The second kappa shape index (κ2) is 7.62. The van der Waals surface area contributed by atoms with E-state index < -0.39 is 0 Å². The summed E-state index contributed by atoms with van der Waals surface area (Å²) in [5.41, 5.74) is 3.34. The molecule has 0 aliphatic carbocycles. The van der Waals surface area contributed by atoms with Crippen LogP contribution in [0, 0.1) is 12.8 Å². The summed E-state index contributed by atoms with van der Waals surface area (Å²) in [5, 5.41) is 7.29. The van der Waals surface area contributed by atoms with Crippen molar-refractivity contribution in [1.29, 1.82) is 0 Å². The number of hydrogen-bond acceptors (Lipinski definition) is 6. The molecule has 0 spiro atoms. The largest absolute Gasteiger partial charge is 0.493 e. The molecule has 152 valence electrons. The summed E-state index contributed by atoms with van der Waals surface area (Å²) in [6.07, 6.45) is 3.95. The zero-order valence-corrected chi connectivity index (χ0v) is 16.9. The summed E-state index contributed by atoms with van der Waals surface area (Å²) in [6.45, 7) is 4.56. The number of rotatable bonds is 6. The lowest BCUT2D eigenvalue weighted by Gasteiger charge is -2.20. The van der Waals surface area contributed by atoms with E-state index in [4.69, 9.17) is 19.2 Å². The molecule has 4 rings (SSSR count). The molecule has 8 nitrogen and oxygen atoms in total. The predicted molar refractivity (Wildman–Crippen MR) is 107 cm³/mol. The molecular formula is C21H24N4O4. The van der Waals surface area contributed by atoms with Crippen molar-refractivity contribution >= 4 is 11.4 Å². The summed E-state index contributed by atoms with van der Waals surface area (Å²) in [6, 6.07) is 5.63. The number of fused-ring (bicyclic) bond motifs is 1. The molecule has 1 aliphatic heterocycles. The topological polar surface area (TPSA) is 87.0 Å². The molecule has 1 aromatic carbocycles. The van der Waals surface area contributed by atoms with Gasteiger partial charge in [-0.15, -0.1) is 0 Å². The van der Waals surface area contributed by atoms with Gasteiger partial charge in [0.1, 0.15) is 11.6 Å². The molecule has 1 N–H and O–H groups in total. The van der Waals surface area contributed by atoms with Crippen LogP contribution in [-0.4, -0.2) is 47.4 Å². The Labute approximate surface area is 168 Å². The highest BCUT2D eigenvalue weighted by Crippen LogP contribution is 2.34. The highest BCUT2D eigenvalue weighted by atomic mass is 16.5. The third-order valence-electron chi connectivity index (χ3n) is 5.30. The van der Waals surface area contributed by atoms with Gasteiger partial charge in [-0.2, -0.15) is 5.10 Å². The van der Waals surface area contributed by atoms with E-state index in [-0.39, 0.29) is 17.9 Å². The molecule has 2 atom stereocenters. The fourth-order valence-corrected chi connectivity index (χ4v) is 3.57. The van der Waals surface area contributed by atoms with Gasteiger partial charge in [0.05, 0.1) is 32.3 Å². The zero-order chi connectivity index (χ0) is 20.5. The van der Waals surface area contributed by atoms with Crippen LogP contribution in [0.15, 0.2) is 30.6 Å². The smallest absolute Gasteiger partial charge is 0.241 e. The Balaban J connectivity index is 1.74. The van der Waals surface area contributed by atoms with E-state index in [1.165, 1.54) is 0 Å². The standard InChI is InChI=1S/C21H24N4O4/c1-12-9-23-25-11-16(14-5-6-17(27-3)18(7-14)28-4)24-21(20(12)25)29-13(2)15-8-19(26)22-10-15/h5-7,9,11,13,15H,8,10H2,1-4H3,(H,22,26). The van der Waals surface area contributed by atoms with E-state index in [0.717, 1.165) is 16.6 Å². The molecule has 0 radical (unpaired) electrons. The van der Waals surface area contributed by atoms with Gasteiger partial charge in [0.2, 0.25) is 11.8 Å². The van der Waals surface area contributed by atoms with Gasteiger partial charge in [-0.25, -0.2) is 9.50 Å². The van der Waals surface area contributed by atoms with Crippen LogP contribution in [-0.2, 0) is 4.79 Å². The first kappa shape index (κ1) is 19.0. The number of methoxy groups -OCH3 is 2. The van der Waals surface area contributed by atoms with Gasteiger partial charge in [-0.3, -0.25) is 4.79 Å². The van der Waals surface area contributed by atoms with Crippen LogP contribution in [0.2, 0.25) is 0 Å². The Morgan fingerprint density at radius 1 is 1.24 bits per heavy atom. The van der Waals surface area contributed by atoms with E-state index in [2.05, 4.69) is 10.4 Å². The molecule has 3 heterocycles. The average molecular weight is 396 g/mol. The lowest BCUT2D eigenvalue weighted by Crippen LogP contribution is -2.26. The third-order valence-corrected chi connectivity index (χ3v) is 5.30. The van der Waals surface area contributed by atoms with E-state index in [9.17, 15) is 4.79 Å². The Kier molecular flexibility index (Phi) is 5.00. The number of hydrogen-bond donors (Lipinski definition) is 1. The van der Waals surface area contributed by atoms with E-state index >= 15 is 0 Å². The van der Waals surface area contributed by atoms with Crippen LogP contribution in [0.3, 0.4) is 0 Å². The minimum Gasteiger partial charge on any atom is -0.493 e. The van der Waals surface area contributed by atoms with Crippen molar-refractivity contribution < 1.29 is 19.0 Å². The van der Waals surface area contributed by atoms with Crippen LogP contribution < -0.4 is 19.5 Å². The molecule has 0 bridgehead atoms. The molecule has 0 saturated carbocycles. The molecule has 1 fully saturated rings. The first-order valence-corrected chi connectivity index (χ1v) is 9.51. The SMILES string of the molecule is COc1ccc(-c2cn3ncc(C)c3c(OC(C)C3CNC(=O)C3)n2)cc1OC. The number of amides is 1. The summed E-state index contributed by atoms with van der Waals surface area (Å²) in [7, 11) is 3.20. The van der Waals surface area contributed by atoms with Crippen molar-refractivity contribution in [3.63, 3.8) is 0 Å². The Hall–Kier alpha value is -3.29. The molecule has 2 aromatic heterocycles. The summed E-state index contributed by atoms with van der Waals surface area (Å²) < 4.78 is 18.8. The van der Waals surface area contributed by atoms with Crippen molar-refractivity contribution in [1.82, 2.24) is 19.9 Å². The molecular weight excluding hydrogens is 372 g/mol. The van der Waals surface area contributed by atoms with E-state index in [1.54, 1.807) is 24.9 Å². The molecule has 1 amide bonds. The molecule has 2 unspecified atom stereocenters. The minimum atomic E-state index is -0.166. The lowest BCUT2D eigenvalue weighted by molar-refractivity contribution is -0.119. The van der Waals surface area contributed by atoms with Crippen LogP contribution in [0.25, 0.3) is 16.8 Å². The van der Waals surface area contributed by atoms with Gasteiger partial charge in [0, 0.05) is 30.0 Å². The van der Waals surface area contributed by atoms with Gasteiger partial charge in [0.25, 0.3) is 0 Å². The summed E-state index contributed by atoms with van der Waals surface area (Å²) >= 11 is 0. The Morgan fingerprint density at radius 3 is 2.72 bits per heavy atom. The molecule has 1 saturated heterocycles. The van der Waals surface area contributed by atoms with Crippen molar-refractivity contribution in [3.8, 4) is 28.6 Å². The fraction of sp³-hybridized carbons (Fsp3) is 0.381. The van der Waals surface area contributed by atoms with Gasteiger partial charge in [-0.1, -0.05) is 0 Å².